The standard InChI is InChI=1S/C17H18N2O/c18-13-17(20)16(19-15-9-5-2-6-10-15)12-11-14-7-3-1-4-8-14/h1-10,16-17,19-20H,11-12H2/t16-,17+/m0/s1. The lowest BCUT2D eigenvalue weighted by Gasteiger charge is -2.21. The maximum Gasteiger partial charge on any atom is 0.160 e. The van der Waals surface area contributed by atoms with Gasteiger partial charge in [0.1, 0.15) is 0 Å². The van der Waals surface area contributed by atoms with Gasteiger partial charge in [0.25, 0.3) is 0 Å². The SMILES string of the molecule is N#C[C@@H](O)[C@H](CCc1ccccc1)Nc1ccccc1. The van der Waals surface area contributed by atoms with Crippen molar-refractivity contribution in [3.05, 3.63) is 66.2 Å². The Kier molecular flexibility index (Phi) is 5.16. The number of nitrogens with zero attached hydrogens (tertiary/aromatic N) is 1. The largest absolute Gasteiger partial charge is 0.379 e. The van der Waals surface area contributed by atoms with E-state index in [1.165, 1.54) is 5.56 Å². The number of rotatable bonds is 6. The van der Waals surface area contributed by atoms with Gasteiger partial charge in [-0.1, -0.05) is 48.5 Å². The quantitative estimate of drug-likeness (QED) is 0.790. The van der Waals surface area contributed by atoms with Gasteiger partial charge in [0.15, 0.2) is 6.10 Å². The Morgan fingerprint density at radius 3 is 2.20 bits per heavy atom. The molecule has 2 N–H and O–H groups in total. The summed E-state index contributed by atoms with van der Waals surface area (Å²) in [4.78, 5) is 0. The third-order valence-corrected chi connectivity index (χ3v) is 3.23. The monoisotopic (exact) mass is 266 g/mol. The van der Waals surface area contributed by atoms with Crippen LogP contribution in [0.25, 0.3) is 0 Å². The summed E-state index contributed by atoms with van der Waals surface area (Å²) in [6.45, 7) is 0. The Hall–Kier alpha value is -2.31. The van der Waals surface area contributed by atoms with Crippen LogP contribution in [0.15, 0.2) is 60.7 Å². The van der Waals surface area contributed by atoms with E-state index in [4.69, 9.17) is 5.26 Å². The second-order valence-corrected chi connectivity index (χ2v) is 4.72. The highest BCUT2D eigenvalue weighted by molar-refractivity contribution is 5.44. The minimum Gasteiger partial charge on any atom is -0.379 e. The second-order valence-electron chi connectivity index (χ2n) is 4.72. The van der Waals surface area contributed by atoms with E-state index in [0.29, 0.717) is 6.42 Å². The van der Waals surface area contributed by atoms with E-state index >= 15 is 0 Å². The molecule has 0 fully saturated rings. The predicted molar refractivity (Wildman–Crippen MR) is 80.2 cm³/mol. The maximum absolute atomic E-state index is 9.83. The van der Waals surface area contributed by atoms with Gasteiger partial charge in [0.2, 0.25) is 0 Å². The number of aryl methyl sites for hydroxylation is 1. The first-order chi connectivity index (χ1) is 9.79. The fourth-order valence-corrected chi connectivity index (χ4v) is 2.11. The number of para-hydroxylation sites is 1. The summed E-state index contributed by atoms with van der Waals surface area (Å²) in [5.74, 6) is 0. The number of anilines is 1. The summed E-state index contributed by atoms with van der Waals surface area (Å²) in [5.41, 5.74) is 2.12. The molecule has 20 heavy (non-hydrogen) atoms. The Bertz CT molecular complexity index is 548. The van der Waals surface area contributed by atoms with Crippen molar-refractivity contribution in [2.75, 3.05) is 5.32 Å². The molecule has 0 aliphatic carbocycles. The molecule has 0 saturated carbocycles. The summed E-state index contributed by atoms with van der Waals surface area (Å²) in [7, 11) is 0. The lowest BCUT2D eigenvalue weighted by molar-refractivity contribution is 0.202. The molecule has 2 rings (SSSR count). The first-order valence-electron chi connectivity index (χ1n) is 6.73. The number of aliphatic hydroxyl groups excluding tert-OH is 1. The summed E-state index contributed by atoms with van der Waals surface area (Å²) < 4.78 is 0. The smallest absolute Gasteiger partial charge is 0.160 e. The molecular formula is C17H18N2O. The van der Waals surface area contributed by atoms with Crippen molar-refractivity contribution >= 4 is 5.69 Å². The van der Waals surface area contributed by atoms with Gasteiger partial charge in [-0.25, -0.2) is 0 Å². The molecule has 0 radical (unpaired) electrons. The van der Waals surface area contributed by atoms with Gasteiger partial charge in [0.05, 0.1) is 12.1 Å². The fourth-order valence-electron chi connectivity index (χ4n) is 2.11. The van der Waals surface area contributed by atoms with Crippen LogP contribution in [0.4, 0.5) is 5.69 Å². The number of nitrogens with one attached hydrogen (secondary N) is 1. The Morgan fingerprint density at radius 1 is 1.00 bits per heavy atom. The minimum atomic E-state index is -1.01. The maximum atomic E-state index is 9.83. The zero-order chi connectivity index (χ0) is 14.2. The lowest BCUT2D eigenvalue weighted by atomic mass is 10.0. The third kappa shape index (κ3) is 4.11. The normalized spacial score (nSPS) is 13.2. The van der Waals surface area contributed by atoms with E-state index in [1.54, 1.807) is 0 Å². The molecule has 2 aromatic rings. The molecule has 102 valence electrons. The Labute approximate surface area is 119 Å². The lowest BCUT2D eigenvalue weighted by Crippen LogP contribution is -2.33. The van der Waals surface area contributed by atoms with Crippen LogP contribution in [0, 0.1) is 11.3 Å². The summed E-state index contributed by atoms with van der Waals surface area (Å²) in [5, 5.41) is 22.0. The van der Waals surface area contributed by atoms with Crippen LogP contribution >= 0.6 is 0 Å². The molecule has 0 bridgehead atoms. The van der Waals surface area contributed by atoms with E-state index in [-0.39, 0.29) is 6.04 Å². The van der Waals surface area contributed by atoms with E-state index < -0.39 is 6.10 Å². The van der Waals surface area contributed by atoms with Gasteiger partial charge in [-0.3, -0.25) is 0 Å². The topological polar surface area (TPSA) is 56.0 Å². The second kappa shape index (κ2) is 7.32. The van der Waals surface area contributed by atoms with Crippen molar-refractivity contribution in [2.24, 2.45) is 0 Å². The molecular weight excluding hydrogens is 248 g/mol. The van der Waals surface area contributed by atoms with Crippen LogP contribution in [-0.2, 0) is 6.42 Å². The van der Waals surface area contributed by atoms with E-state index in [2.05, 4.69) is 17.4 Å². The van der Waals surface area contributed by atoms with Crippen molar-refractivity contribution in [2.45, 2.75) is 25.0 Å². The zero-order valence-corrected chi connectivity index (χ0v) is 11.2. The van der Waals surface area contributed by atoms with Crippen LogP contribution < -0.4 is 5.32 Å². The molecule has 0 aliphatic heterocycles. The van der Waals surface area contributed by atoms with Crippen molar-refractivity contribution in [1.82, 2.24) is 0 Å². The highest BCUT2D eigenvalue weighted by atomic mass is 16.3. The van der Waals surface area contributed by atoms with Crippen molar-refractivity contribution < 1.29 is 5.11 Å². The van der Waals surface area contributed by atoms with E-state index in [9.17, 15) is 5.11 Å². The number of nitriles is 1. The molecule has 2 atom stereocenters. The molecule has 0 heterocycles. The fraction of sp³-hybridized carbons (Fsp3) is 0.235. The van der Waals surface area contributed by atoms with Gasteiger partial charge in [-0.05, 0) is 30.5 Å². The van der Waals surface area contributed by atoms with Gasteiger partial charge >= 0.3 is 0 Å². The van der Waals surface area contributed by atoms with E-state index in [1.807, 2.05) is 54.6 Å². The molecule has 0 spiro atoms. The van der Waals surface area contributed by atoms with Crippen molar-refractivity contribution in [3.8, 4) is 6.07 Å². The van der Waals surface area contributed by atoms with Gasteiger partial charge < -0.3 is 10.4 Å². The van der Waals surface area contributed by atoms with E-state index in [0.717, 1.165) is 12.1 Å². The number of hydrogen-bond donors (Lipinski definition) is 2. The molecule has 0 aromatic heterocycles. The summed E-state index contributed by atoms with van der Waals surface area (Å²) >= 11 is 0. The van der Waals surface area contributed by atoms with Crippen molar-refractivity contribution in [3.63, 3.8) is 0 Å². The van der Waals surface area contributed by atoms with Crippen LogP contribution in [0.5, 0.6) is 0 Å². The van der Waals surface area contributed by atoms with Gasteiger partial charge in [0, 0.05) is 5.69 Å². The van der Waals surface area contributed by atoms with Gasteiger partial charge in [-0.15, -0.1) is 0 Å². The van der Waals surface area contributed by atoms with Crippen molar-refractivity contribution in [1.29, 1.82) is 5.26 Å². The zero-order valence-electron chi connectivity index (χ0n) is 11.2. The third-order valence-electron chi connectivity index (χ3n) is 3.23. The minimum absolute atomic E-state index is 0.275. The molecule has 3 nitrogen and oxygen atoms in total. The number of benzene rings is 2. The Balaban J connectivity index is 1.99. The average Bonchev–Trinajstić information content (AvgIpc) is 2.52. The molecule has 0 amide bonds. The molecule has 3 heteroatoms. The van der Waals surface area contributed by atoms with Crippen LogP contribution in [0.1, 0.15) is 12.0 Å². The molecule has 2 aromatic carbocycles. The number of hydrogen-bond acceptors (Lipinski definition) is 3. The molecule has 0 saturated heterocycles. The summed E-state index contributed by atoms with van der Waals surface area (Å²) in [6.07, 6.45) is 0.511. The molecule has 0 aliphatic rings. The van der Waals surface area contributed by atoms with Gasteiger partial charge in [-0.2, -0.15) is 5.26 Å². The summed E-state index contributed by atoms with van der Waals surface area (Å²) in [6, 6.07) is 21.4. The van der Waals surface area contributed by atoms with Crippen LogP contribution in [0.3, 0.4) is 0 Å². The van der Waals surface area contributed by atoms with Crippen LogP contribution in [0.2, 0.25) is 0 Å². The average molecular weight is 266 g/mol. The predicted octanol–water partition coefficient (Wildman–Crippen LogP) is 2.98. The number of aliphatic hydroxyl groups is 1. The highest BCUT2D eigenvalue weighted by Crippen LogP contribution is 2.14. The first-order valence-corrected chi connectivity index (χ1v) is 6.73. The highest BCUT2D eigenvalue weighted by Gasteiger charge is 2.18. The molecule has 0 unspecified atom stereocenters. The van der Waals surface area contributed by atoms with Crippen LogP contribution in [-0.4, -0.2) is 17.3 Å². The Morgan fingerprint density at radius 2 is 1.60 bits per heavy atom. The first kappa shape index (κ1) is 14.1.